The Balaban J connectivity index is 1.32. The number of sulfonamides is 1. The first-order valence-corrected chi connectivity index (χ1v) is 23.7. The molecule has 1 saturated carbocycles. The zero-order valence-electron chi connectivity index (χ0n) is 36.6. The van der Waals surface area contributed by atoms with Gasteiger partial charge >= 0.3 is 0 Å². The molecule has 0 radical (unpaired) electrons. The summed E-state index contributed by atoms with van der Waals surface area (Å²) in [7, 11) is -2.69. The van der Waals surface area contributed by atoms with E-state index in [0.717, 1.165) is 53.8 Å². The second-order valence-electron chi connectivity index (χ2n) is 16.9. The van der Waals surface area contributed by atoms with Crippen LogP contribution in [0.3, 0.4) is 0 Å². The number of aliphatic hydroxyl groups excluding tert-OH is 2. The molecule has 2 N–H and O–H groups in total. The summed E-state index contributed by atoms with van der Waals surface area (Å²) in [6.45, 7) is 6.67. The molecule has 0 amide bonds. The number of likely N-dealkylation sites (N-methyl/N-ethyl adjacent to an activating group) is 1. The maximum atomic E-state index is 15.2. The third-order valence-electron chi connectivity index (χ3n) is 12.9. The van der Waals surface area contributed by atoms with Gasteiger partial charge in [-0.05, 0) is 98.0 Å². The fourth-order valence-corrected chi connectivity index (χ4v) is 11.5. The number of aryl methyl sites for hydroxylation is 1. The van der Waals surface area contributed by atoms with E-state index < -0.39 is 27.8 Å². The smallest absolute Gasteiger partial charge is 0.245 e. The Bertz CT molecular complexity index is 2580. The van der Waals surface area contributed by atoms with E-state index in [0.29, 0.717) is 41.0 Å². The molecule has 1 fully saturated rings. The lowest BCUT2D eigenvalue weighted by Gasteiger charge is -2.59. The predicted octanol–water partition coefficient (Wildman–Crippen LogP) is 8.67. The topological polar surface area (TPSA) is 153 Å². The van der Waals surface area contributed by atoms with Gasteiger partial charge in [0.15, 0.2) is 0 Å². The molecule has 5 aromatic rings. The van der Waals surface area contributed by atoms with Crippen molar-refractivity contribution in [2.75, 3.05) is 26.9 Å². The summed E-state index contributed by atoms with van der Waals surface area (Å²) in [4.78, 5) is 15.4. The molecule has 2 aromatic heterocycles. The predicted molar refractivity (Wildman–Crippen MR) is 246 cm³/mol. The minimum absolute atomic E-state index is 0.00328. The Hall–Kier alpha value is -5.44. The van der Waals surface area contributed by atoms with Crippen LogP contribution in [-0.2, 0) is 32.8 Å². The summed E-state index contributed by atoms with van der Waals surface area (Å²) in [5, 5.41) is 25.5. The van der Waals surface area contributed by atoms with Crippen LogP contribution in [-0.4, -0.2) is 77.3 Å². The highest BCUT2D eigenvalue weighted by molar-refractivity contribution is 7.89. The molecule has 3 heterocycles. The van der Waals surface area contributed by atoms with Crippen molar-refractivity contribution in [1.29, 1.82) is 0 Å². The molecular formula is C51H58N4O8S. The summed E-state index contributed by atoms with van der Waals surface area (Å²) in [5.74, 6) is -1.21. The largest absolute Gasteiger partial charge is 0.487 e. The molecule has 6 atom stereocenters. The van der Waals surface area contributed by atoms with E-state index in [2.05, 4.69) is 28.7 Å². The highest BCUT2D eigenvalue weighted by atomic mass is 32.2. The molecule has 0 saturated heterocycles. The van der Waals surface area contributed by atoms with Gasteiger partial charge < -0.3 is 29.3 Å². The van der Waals surface area contributed by atoms with E-state index in [4.69, 9.17) is 24.2 Å². The van der Waals surface area contributed by atoms with Gasteiger partial charge in [0, 0.05) is 55.4 Å². The molecular weight excluding hydrogens is 829 g/mol. The molecule has 0 bridgehead atoms. The average molecular weight is 887 g/mol. The second kappa shape index (κ2) is 20.2. The van der Waals surface area contributed by atoms with Crippen molar-refractivity contribution in [3.8, 4) is 11.5 Å². The molecule has 336 valence electrons. The number of allylic oxidation sites excluding steroid dienone is 1. The van der Waals surface area contributed by atoms with Gasteiger partial charge in [0.05, 0.1) is 35.5 Å². The molecule has 0 spiro atoms. The lowest BCUT2D eigenvalue weighted by molar-refractivity contribution is -0.250. The normalized spacial score (nSPS) is 23.2. The van der Waals surface area contributed by atoms with Gasteiger partial charge in [-0.15, -0.1) is 6.58 Å². The van der Waals surface area contributed by atoms with Crippen LogP contribution in [0.25, 0.3) is 10.9 Å². The van der Waals surface area contributed by atoms with E-state index in [1.807, 2.05) is 79.7 Å². The van der Waals surface area contributed by atoms with Gasteiger partial charge in [-0.3, -0.25) is 9.97 Å². The number of rotatable bonds is 20. The third-order valence-corrected chi connectivity index (χ3v) is 14.8. The van der Waals surface area contributed by atoms with E-state index in [1.54, 1.807) is 37.5 Å². The minimum atomic E-state index is -4.27. The number of aromatic nitrogens is 2. The summed E-state index contributed by atoms with van der Waals surface area (Å²) in [6, 6.07) is 29.3. The number of oxime groups is 1. The van der Waals surface area contributed by atoms with Gasteiger partial charge in [0.2, 0.25) is 15.8 Å². The van der Waals surface area contributed by atoms with Crippen LogP contribution in [0.4, 0.5) is 0 Å². The number of unbranched alkanes of at least 4 members (excludes halogenated alkanes) is 2. The Morgan fingerprint density at radius 3 is 2.50 bits per heavy atom. The van der Waals surface area contributed by atoms with Gasteiger partial charge in [-0.25, -0.2) is 8.42 Å². The monoisotopic (exact) mass is 886 g/mol. The van der Waals surface area contributed by atoms with Crippen LogP contribution < -0.4 is 9.47 Å². The Morgan fingerprint density at radius 2 is 1.72 bits per heavy atom. The quantitative estimate of drug-likeness (QED) is 0.0441. The molecule has 12 nitrogen and oxygen atoms in total. The van der Waals surface area contributed by atoms with Crippen LogP contribution in [0.15, 0.2) is 138 Å². The highest BCUT2D eigenvalue weighted by Crippen LogP contribution is 2.62. The summed E-state index contributed by atoms with van der Waals surface area (Å²) < 4.78 is 52.6. The number of aliphatic hydroxyl groups is 2. The Kier molecular flexibility index (Phi) is 14.2. The first-order chi connectivity index (χ1) is 31.2. The van der Waals surface area contributed by atoms with E-state index in [-0.39, 0.29) is 62.1 Å². The maximum Gasteiger partial charge on any atom is 0.245 e. The third kappa shape index (κ3) is 9.23. The molecule has 0 unspecified atom stereocenters. The van der Waals surface area contributed by atoms with Crippen LogP contribution in [0, 0.1) is 24.7 Å². The average Bonchev–Trinajstić information content (AvgIpc) is 3.31. The zero-order chi connectivity index (χ0) is 44.7. The first kappa shape index (κ1) is 45.1. The molecule has 1 aliphatic heterocycles. The van der Waals surface area contributed by atoms with Crippen LogP contribution in [0.5, 0.6) is 11.5 Å². The van der Waals surface area contributed by atoms with Gasteiger partial charge in [-0.1, -0.05) is 84.7 Å². The lowest BCUT2D eigenvalue weighted by Crippen LogP contribution is -2.69. The number of ether oxygens (including phenoxy) is 3. The highest BCUT2D eigenvalue weighted by Gasteiger charge is 2.65. The van der Waals surface area contributed by atoms with Crippen molar-refractivity contribution < 1.29 is 37.7 Å². The van der Waals surface area contributed by atoms with Gasteiger partial charge in [-0.2, -0.15) is 4.31 Å². The number of fused-ring (bicyclic) bond motifs is 3. The Morgan fingerprint density at radius 1 is 0.938 bits per heavy atom. The lowest BCUT2D eigenvalue weighted by atomic mass is 9.55. The number of benzene rings is 3. The number of hydrogen-bond donors (Lipinski definition) is 2. The molecule has 2 aliphatic carbocycles. The summed E-state index contributed by atoms with van der Waals surface area (Å²) in [5.41, 5.74) is 5.41. The van der Waals surface area contributed by atoms with Crippen molar-refractivity contribution in [3.63, 3.8) is 0 Å². The molecule has 64 heavy (non-hydrogen) atoms. The van der Waals surface area contributed by atoms with Gasteiger partial charge in [0.1, 0.15) is 29.6 Å². The fraction of sp³-hybridized carbons (Fsp3) is 0.392. The van der Waals surface area contributed by atoms with Gasteiger partial charge in [0.25, 0.3) is 0 Å². The SMILES string of the molecule is C=CCO[C@@]12Oc3ccc(OCc4cccc(C)n4)cc3[C@H]3[C@H](CCCCO)[C@@H](CCCCO)C=C(C(=NOCc4ccccc4)C[C@@H]1N(C)S(=O)(=O)c1cccc4cccnc14)[C@H]32. The summed E-state index contributed by atoms with van der Waals surface area (Å²) >= 11 is 0. The first-order valence-electron chi connectivity index (χ1n) is 22.3. The van der Waals surface area contributed by atoms with Crippen LogP contribution in [0.2, 0.25) is 0 Å². The fourth-order valence-electron chi connectivity index (χ4n) is 10.00. The van der Waals surface area contributed by atoms with Crippen molar-refractivity contribution in [1.82, 2.24) is 14.3 Å². The van der Waals surface area contributed by atoms with E-state index in [9.17, 15) is 10.2 Å². The second-order valence-corrected chi connectivity index (χ2v) is 18.9. The molecule has 13 heteroatoms. The Labute approximate surface area is 376 Å². The maximum absolute atomic E-state index is 15.2. The standard InChI is InChI=1S/C51H58N4O8S/c1-4-29-61-51-47(55(3)64(58,59)46-23-13-19-37-20-14-26-52-50(37)46)32-44(54-62-33-36-16-6-5-7-17-36)42-30-38(18-8-10-27-56)41(22-9-11-28-57)48(49(42)51)43-31-40(24-25-45(43)63-51)60-34-39-21-12-15-35(2)53-39/h4-7,12-17,19-21,23-26,30-31,38,41,47-49,56-57H,1,8-11,18,22,27-29,32-34H2,2-3H3/t38-,41+,47-,48+,49+,51+/m0/s1. The summed E-state index contributed by atoms with van der Waals surface area (Å²) in [6.07, 6.45) is 10.1. The van der Waals surface area contributed by atoms with Crippen molar-refractivity contribution in [2.24, 2.45) is 22.9 Å². The van der Waals surface area contributed by atoms with Crippen LogP contribution >= 0.6 is 0 Å². The molecule has 8 rings (SSSR count). The van der Waals surface area contributed by atoms with E-state index >= 15 is 8.42 Å². The van der Waals surface area contributed by atoms with Crippen molar-refractivity contribution in [2.45, 2.75) is 87.7 Å². The number of hydrogen-bond acceptors (Lipinski definition) is 11. The van der Waals surface area contributed by atoms with Crippen molar-refractivity contribution in [3.05, 3.63) is 150 Å². The zero-order valence-corrected chi connectivity index (χ0v) is 37.4. The minimum Gasteiger partial charge on any atom is -0.487 e. The number of pyridine rings is 2. The number of para-hydroxylation sites is 1. The molecule has 3 aromatic carbocycles. The van der Waals surface area contributed by atoms with Crippen LogP contribution in [0.1, 0.15) is 73.4 Å². The van der Waals surface area contributed by atoms with E-state index in [1.165, 1.54) is 4.31 Å². The molecule has 3 aliphatic rings. The van der Waals surface area contributed by atoms with Crippen molar-refractivity contribution >= 4 is 26.6 Å². The number of nitrogens with zero attached hydrogens (tertiary/aromatic N) is 4.